The highest BCUT2D eigenvalue weighted by Crippen LogP contribution is 2.30. The van der Waals surface area contributed by atoms with Crippen molar-refractivity contribution in [2.24, 2.45) is 0 Å². The van der Waals surface area contributed by atoms with E-state index < -0.39 is 21.5 Å². The Labute approximate surface area is 149 Å². The number of nitrogens with zero attached hydrogens (tertiary/aromatic N) is 1. The van der Waals surface area contributed by atoms with Crippen molar-refractivity contribution in [2.45, 2.75) is 18.7 Å². The number of amides is 1. The first-order chi connectivity index (χ1) is 11.9. The first-order valence-corrected chi connectivity index (χ1v) is 10.0. The van der Waals surface area contributed by atoms with Crippen LogP contribution in [0.25, 0.3) is 10.2 Å². The number of thiazole rings is 1. The van der Waals surface area contributed by atoms with Gasteiger partial charge in [0, 0.05) is 0 Å². The lowest BCUT2D eigenvalue weighted by molar-refractivity contribution is -0.118. The molecule has 130 valence electrons. The van der Waals surface area contributed by atoms with Crippen LogP contribution in [0.1, 0.15) is 11.1 Å². The van der Waals surface area contributed by atoms with E-state index in [0.29, 0.717) is 5.13 Å². The van der Waals surface area contributed by atoms with Crippen LogP contribution in [0, 0.1) is 13.8 Å². The predicted octanol–water partition coefficient (Wildman–Crippen LogP) is 2.83. The molecule has 0 radical (unpaired) electrons. The normalized spacial score (nSPS) is 11.4. The molecule has 3 aromatic rings. The molecule has 3 rings (SSSR count). The third-order valence-electron chi connectivity index (χ3n) is 3.67. The van der Waals surface area contributed by atoms with E-state index in [0.717, 1.165) is 21.3 Å². The molecule has 1 aromatic heterocycles. The highest BCUT2D eigenvalue weighted by Gasteiger charge is 2.19. The number of hydrogen-bond acceptors (Lipinski definition) is 6. The molecule has 0 atom stereocenters. The lowest BCUT2D eigenvalue weighted by Gasteiger charge is -2.06. The average molecular weight is 375 g/mol. The van der Waals surface area contributed by atoms with Gasteiger partial charge < -0.3 is 0 Å². The lowest BCUT2D eigenvalue weighted by atomic mass is 10.1. The topological polar surface area (TPSA) is 88.2 Å². The summed E-state index contributed by atoms with van der Waals surface area (Å²) < 4.78 is 25.4. The van der Waals surface area contributed by atoms with Gasteiger partial charge in [0.15, 0.2) is 9.84 Å². The molecule has 0 fully saturated rings. The van der Waals surface area contributed by atoms with E-state index in [1.807, 2.05) is 26.0 Å². The molecular formula is C17H17N3O3S2. The minimum Gasteiger partial charge on any atom is -0.273 e. The maximum absolute atomic E-state index is 12.2. The summed E-state index contributed by atoms with van der Waals surface area (Å²) in [4.78, 5) is 16.5. The number of anilines is 1. The van der Waals surface area contributed by atoms with Crippen molar-refractivity contribution >= 4 is 42.4 Å². The molecule has 2 N–H and O–H groups in total. The molecule has 0 aliphatic heterocycles. The Bertz CT molecular complexity index is 989. The SMILES string of the molecule is Cc1ccc(C)c2sc(NNC(=O)CS(=O)(=O)c3ccccc3)nc12. The number of sulfone groups is 1. The zero-order valence-corrected chi connectivity index (χ0v) is 15.4. The monoisotopic (exact) mass is 375 g/mol. The predicted molar refractivity (Wildman–Crippen MR) is 99.4 cm³/mol. The van der Waals surface area contributed by atoms with Gasteiger partial charge in [-0.3, -0.25) is 15.6 Å². The molecule has 0 aliphatic rings. The molecule has 0 spiro atoms. The van der Waals surface area contributed by atoms with E-state index >= 15 is 0 Å². The van der Waals surface area contributed by atoms with Gasteiger partial charge in [-0.15, -0.1) is 0 Å². The summed E-state index contributed by atoms with van der Waals surface area (Å²) in [7, 11) is -3.67. The quantitative estimate of drug-likeness (QED) is 0.670. The second-order valence-corrected chi connectivity index (χ2v) is 8.63. The smallest absolute Gasteiger partial charge is 0.253 e. The van der Waals surface area contributed by atoms with E-state index in [4.69, 9.17) is 0 Å². The highest BCUT2D eigenvalue weighted by atomic mass is 32.2. The largest absolute Gasteiger partial charge is 0.273 e. The zero-order chi connectivity index (χ0) is 18.0. The van der Waals surface area contributed by atoms with Crippen LogP contribution in [-0.4, -0.2) is 25.1 Å². The van der Waals surface area contributed by atoms with Crippen LogP contribution in [0.2, 0.25) is 0 Å². The summed E-state index contributed by atoms with van der Waals surface area (Å²) in [5.41, 5.74) is 8.13. The molecule has 1 heterocycles. The Morgan fingerprint density at radius 3 is 2.44 bits per heavy atom. The first-order valence-electron chi connectivity index (χ1n) is 7.56. The van der Waals surface area contributed by atoms with Gasteiger partial charge in [-0.05, 0) is 37.1 Å². The molecular weight excluding hydrogens is 358 g/mol. The van der Waals surface area contributed by atoms with Crippen molar-refractivity contribution in [1.82, 2.24) is 10.4 Å². The number of fused-ring (bicyclic) bond motifs is 1. The van der Waals surface area contributed by atoms with Crippen molar-refractivity contribution in [3.63, 3.8) is 0 Å². The number of hydrazine groups is 1. The molecule has 0 aliphatic carbocycles. The van der Waals surface area contributed by atoms with Gasteiger partial charge in [-0.2, -0.15) is 0 Å². The number of hydrogen-bond donors (Lipinski definition) is 2. The zero-order valence-electron chi connectivity index (χ0n) is 13.7. The van der Waals surface area contributed by atoms with E-state index in [1.165, 1.54) is 23.5 Å². The Balaban J connectivity index is 1.69. The number of rotatable bonds is 5. The summed E-state index contributed by atoms with van der Waals surface area (Å²) in [5, 5.41) is 0.512. The van der Waals surface area contributed by atoms with Crippen LogP contribution in [0.15, 0.2) is 47.4 Å². The van der Waals surface area contributed by atoms with Gasteiger partial charge in [0.1, 0.15) is 5.75 Å². The minimum absolute atomic E-state index is 0.122. The summed E-state index contributed by atoms with van der Waals surface area (Å²) in [5.74, 6) is -1.27. The Kier molecular flexibility index (Phi) is 4.73. The molecule has 8 heteroatoms. The third-order valence-corrected chi connectivity index (χ3v) is 6.41. The second kappa shape index (κ2) is 6.81. The molecule has 1 amide bonds. The summed E-state index contributed by atoms with van der Waals surface area (Å²) >= 11 is 1.41. The summed E-state index contributed by atoms with van der Waals surface area (Å²) in [6, 6.07) is 11.9. The van der Waals surface area contributed by atoms with Crippen molar-refractivity contribution in [1.29, 1.82) is 0 Å². The molecule has 0 saturated heterocycles. The number of carbonyl (C=O) groups excluding carboxylic acids is 1. The first kappa shape index (κ1) is 17.4. The molecule has 0 saturated carbocycles. The van der Waals surface area contributed by atoms with E-state index in [1.54, 1.807) is 18.2 Å². The summed E-state index contributed by atoms with van der Waals surface area (Å²) in [6.45, 7) is 3.96. The van der Waals surface area contributed by atoms with Gasteiger partial charge >= 0.3 is 0 Å². The van der Waals surface area contributed by atoms with E-state index in [-0.39, 0.29) is 4.90 Å². The number of nitrogens with one attached hydrogen (secondary N) is 2. The van der Waals surface area contributed by atoms with Crippen LogP contribution in [0.3, 0.4) is 0 Å². The van der Waals surface area contributed by atoms with Crippen LogP contribution < -0.4 is 10.9 Å². The van der Waals surface area contributed by atoms with Gasteiger partial charge in [-0.1, -0.05) is 41.7 Å². The molecule has 0 unspecified atom stereocenters. The van der Waals surface area contributed by atoms with Gasteiger partial charge in [0.05, 0.1) is 15.1 Å². The fraction of sp³-hybridized carbons (Fsp3) is 0.176. The molecule has 25 heavy (non-hydrogen) atoms. The lowest BCUT2D eigenvalue weighted by Crippen LogP contribution is -2.34. The second-order valence-electron chi connectivity index (χ2n) is 5.64. The highest BCUT2D eigenvalue weighted by molar-refractivity contribution is 7.92. The number of carbonyl (C=O) groups is 1. The molecule has 0 bridgehead atoms. The maximum atomic E-state index is 12.2. The number of aromatic nitrogens is 1. The van der Waals surface area contributed by atoms with E-state index in [9.17, 15) is 13.2 Å². The van der Waals surface area contributed by atoms with Crippen molar-refractivity contribution in [3.8, 4) is 0 Å². The third kappa shape index (κ3) is 3.80. The van der Waals surface area contributed by atoms with Crippen LogP contribution in [-0.2, 0) is 14.6 Å². The Hall–Kier alpha value is -2.45. The van der Waals surface area contributed by atoms with Crippen LogP contribution in [0.4, 0.5) is 5.13 Å². The molecule has 2 aromatic carbocycles. The minimum atomic E-state index is -3.67. The standard InChI is InChI=1S/C17H17N3O3S2/c1-11-8-9-12(2)16-15(11)18-17(24-16)20-19-14(21)10-25(22,23)13-6-4-3-5-7-13/h3-9H,10H2,1-2H3,(H,18,20)(H,19,21). The van der Waals surface area contributed by atoms with Gasteiger partial charge in [0.25, 0.3) is 5.91 Å². The fourth-order valence-corrected chi connectivity index (χ4v) is 4.48. The average Bonchev–Trinajstić information content (AvgIpc) is 3.03. The maximum Gasteiger partial charge on any atom is 0.253 e. The van der Waals surface area contributed by atoms with Gasteiger partial charge in [-0.25, -0.2) is 13.4 Å². The summed E-state index contributed by atoms with van der Waals surface area (Å²) in [6.07, 6.45) is 0. The Morgan fingerprint density at radius 2 is 1.76 bits per heavy atom. The number of benzene rings is 2. The van der Waals surface area contributed by atoms with Gasteiger partial charge in [0.2, 0.25) is 5.13 Å². The fourth-order valence-electron chi connectivity index (χ4n) is 2.36. The van der Waals surface area contributed by atoms with Crippen LogP contribution in [0.5, 0.6) is 0 Å². The van der Waals surface area contributed by atoms with Crippen molar-refractivity contribution in [2.75, 3.05) is 11.2 Å². The Morgan fingerprint density at radius 1 is 1.08 bits per heavy atom. The van der Waals surface area contributed by atoms with Crippen molar-refractivity contribution < 1.29 is 13.2 Å². The molecule has 6 nitrogen and oxygen atoms in total. The van der Waals surface area contributed by atoms with Crippen molar-refractivity contribution in [3.05, 3.63) is 53.6 Å². The van der Waals surface area contributed by atoms with Crippen LogP contribution >= 0.6 is 11.3 Å². The number of aryl methyl sites for hydroxylation is 2. The van der Waals surface area contributed by atoms with E-state index in [2.05, 4.69) is 15.8 Å².